The SMILES string of the molecule is c1ccc(-c2ccc(-c3ccc(-c4ccc(-c5ccccc5)cc4)c(-c4ccc(-c5cc(-c6ccccc6)nc(-c6ccccc6)n5)cc4)c3-c3ccc(-c4cc(-c5ccccc5)nc(-c5ccccc5)n4)cc3)cc2)cc1. The normalized spacial score (nSPS) is 11.1. The van der Waals surface area contributed by atoms with E-state index < -0.39 is 0 Å². The van der Waals surface area contributed by atoms with Crippen LogP contribution in [-0.2, 0) is 0 Å². The molecular formula is C74H50N4. The van der Waals surface area contributed by atoms with E-state index in [-0.39, 0.29) is 0 Å². The second kappa shape index (κ2) is 21.4. The van der Waals surface area contributed by atoms with Crippen LogP contribution in [0.2, 0.25) is 0 Å². The largest absolute Gasteiger partial charge is 0.228 e. The zero-order valence-electron chi connectivity index (χ0n) is 42.7. The molecule has 2 heterocycles. The summed E-state index contributed by atoms with van der Waals surface area (Å²) in [6.45, 7) is 0. The molecule has 4 nitrogen and oxygen atoms in total. The van der Waals surface area contributed by atoms with E-state index in [1.165, 1.54) is 22.3 Å². The highest BCUT2D eigenvalue weighted by Gasteiger charge is 2.21. The smallest absolute Gasteiger partial charge is 0.160 e. The van der Waals surface area contributed by atoms with Gasteiger partial charge in [0.1, 0.15) is 0 Å². The predicted octanol–water partition coefficient (Wildman–Crippen LogP) is 19.3. The van der Waals surface area contributed by atoms with Crippen LogP contribution in [0.4, 0.5) is 0 Å². The van der Waals surface area contributed by atoms with Crippen molar-refractivity contribution in [2.24, 2.45) is 0 Å². The van der Waals surface area contributed by atoms with Crippen molar-refractivity contribution in [2.75, 3.05) is 0 Å². The van der Waals surface area contributed by atoms with Crippen molar-refractivity contribution in [3.63, 3.8) is 0 Å². The number of benzene rings is 11. The summed E-state index contributed by atoms with van der Waals surface area (Å²) in [5.41, 5.74) is 23.1. The van der Waals surface area contributed by atoms with Gasteiger partial charge in [0.2, 0.25) is 0 Å². The van der Waals surface area contributed by atoms with Gasteiger partial charge in [0.25, 0.3) is 0 Å². The molecule has 0 fully saturated rings. The maximum Gasteiger partial charge on any atom is 0.160 e. The Kier molecular flexibility index (Phi) is 13.0. The van der Waals surface area contributed by atoms with Gasteiger partial charge in [0.05, 0.1) is 22.8 Å². The molecule has 0 saturated heterocycles. The highest BCUT2D eigenvalue weighted by Crippen LogP contribution is 2.47. The lowest BCUT2D eigenvalue weighted by Crippen LogP contribution is -1.97. The maximum atomic E-state index is 5.21. The van der Waals surface area contributed by atoms with Gasteiger partial charge in [-0.25, -0.2) is 19.9 Å². The molecule has 0 amide bonds. The van der Waals surface area contributed by atoms with E-state index in [9.17, 15) is 0 Å². The minimum Gasteiger partial charge on any atom is -0.228 e. The summed E-state index contributed by atoms with van der Waals surface area (Å²) in [6, 6.07) is 107. The third-order valence-corrected chi connectivity index (χ3v) is 14.4. The van der Waals surface area contributed by atoms with E-state index in [0.29, 0.717) is 11.6 Å². The second-order valence-corrected chi connectivity index (χ2v) is 19.3. The second-order valence-electron chi connectivity index (χ2n) is 19.3. The Balaban J connectivity index is 0.997. The minimum absolute atomic E-state index is 0.684. The molecule has 0 N–H and O–H groups in total. The highest BCUT2D eigenvalue weighted by molar-refractivity contribution is 6.02. The topological polar surface area (TPSA) is 51.6 Å². The molecule has 13 rings (SSSR count). The number of aromatic nitrogens is 4. The van der Waals surface area contributed by atoms with Crippen LogP contribution in [0.15, 0.2) is 303 Å². The summed E-state index contributed by atoms with van der Waals surface area (Å²) in [5.74, 6) is 1.37. The fraction of sp³-hybridized carbons (Fsp3) is 0. The molecule has 366 valence electrons. The zero-order valence-corrected chi connectivity index (χ0v) is 42.7. The van der Waals surface area contributed by atoms with Crippen LogP contribution in [0, 0.1) is 0 Å². The Hall–Kier alpha value is -10.4. The van der Waals surface area contributed by atoms with Gasteiger partial charge in [-0.05, 0) is 78.9 Å². The monoisotopic (exact) mass is 994 g/mol. The quantitative estimate of drug-likeness (QED) is 0.122. The van der Waals surface area contributed by atoms with Crippen molar-refractivity contribution >= 4 is 0 Å². The Bertz CT molecular complexity index is 3760. The van der Waals surface area contributed by atoms with E-state index in [1.54, 1.807) is 0 Å². The van der Waals surface area contributed by atoms with E-state index >= 15 is 0 Å². The molecular weight excluding hydrogens is 945 g/mol. The van der Waals surface area contributed by atoms with E-state index in [2.05, 4.69) is 255 Å². The van der Waals surface area contributed by atoms with Crippen LogP contribution in [0.1, 0.15) is 0 Å². The predicted molar refractivity (Wildman–Crippen MR) is 323 cm³/mol. The van der Waals surface area contributed by atoms with E-state index in [4.69, 9.17) is 19.9 Å². The van der Waals surface area contributed by atoms with Gasteiger partial charge < -0.3 is 0 Å². The van der Waals surface area contributed by atoms with Gasteiger partial charge in [-0.2, -0.15) is 0 Å². The minimum atomic E-state index is 0.684. The molecule has 0 unspecified atom stereocenters. The van der Waals surface area contributed by atoms with Crippen LogP contribution in [-0.4, -0.2) is 19.9 Å². The van der Waals surface area contributed by atoms with Crippen molar-refractivity contribution in [1.82, 2.24) is 19.9 Å². The lowest BCUT2D eigenvalue weighted by Gasteiger charge is -2.21. The van der Waals surface area contributed by atoms with Crippen LogP contribution >= 0.6 is 0 Å². The number of hydrogen-bond acceptors (Lipinski definition) is 4. The lowest BCUT2D eigenvalue weighted by atomic mass is 9.82. The molecule has 78 heavy (non-hydrogen) atoms. The molecule has 2 aromatic heterocycles. The molecule has 0 spiro atoms. The first-order chi connectivity index (χ1) is 38.6. The Morgan fingerprint density at radius 2 is 0.359 bits per heavy atom. The van der Waals surface area contributed by atoms with Gasteiger partial charge in [0.15, 0.2) is 11.6 Å². The van der Waals surface area contributed by atoms with Gasteiger partial charge >= 0.3 is 0 Å². The molecule has 0 radical (unpaired) electrons. The average molecular weight is 995 g/mol. The first kappa shape index (κ1) is 47.3. The molecule has 11 aromatic carbocycles. The van der Waals surface area contributed by atoms with Crippen molar-refractivity contribution in [3.05, 3.63) is 303 Å². The van der Waals surface area contributed by atoms with E-state index in [0.717, 1.165) is 101 Å². The van der Waals surface area contributed by atoms with Crippen LogP contribution in [0.5, 0.6) is 0 Å². The zero-order chi connectivity index (χ0) is 52.0. The van der Waals surface area contributed by atoms with Crippen LogP contribution in [0.3, 0.4) is 0 Å². The van der Waals surface area contributed by atoms with Gasteiger partial charge in [0, 0.05) is 33.4 Å². The Morgan fingerprint density at radius 3 is 0.654 bits per heavy atom. The van der Waals surface area contributed by atoms with Crippen LogP contribution < -0.4 is 0 Å². The van der Waals surface area contributed by atoms with Crippen molar-refractivity contribution in [2.45, 2.75) is 0 Å². The van der Waals surface area contributed by atoms with Gasteiger partial charge in [-0.3, -0.25) is 0 Å². The highest BCUT2D eigenvalue weighted by atomic mass is 14.9. The van der Waals surface area contributed by atoms with Crippen molar-refractivity contribution in [3.8, 4) is 135 Å². The van der Waals surface area contributed by atoms with Crippen molar-refractivity contribution in [1.29, 1.82) is 0 Å². The third-order valence-electron chi connectivity index (χ3n) is 14.4. The summed E-state index contributed by atoms with van der Waals surface area (Å²) in [4.78, 5) is 20.6. The molecule has 0 aliphatic heterocycles. The molecule has 0 aliphatic carbocycles. The van der Waals surface area contributed by atoms with Gasteiger partial charge in [-0.15, -0.1) is 0 Å². The number of nitrogens with zero attached hydrogens (tertiary/aromatic N) is 4. The van der Waals surface area contributed by atoms with E-state index in [1.807, 2.05) is 48.5 Å². The Labute approximate surface area is 455 Å². The van der Waals surface area contributed by atoms with Crippen LogP contribution in [0.25, 0.3) is 135 Å². The maximum absolute atomic E-state index is 5.21. The number of hydrogen-bond donors (Lipinski definition) is 0. The molecule has 0 atom stereocenters. The lowest BCUT2D eigenvalue weighted by molar-refractivity contribution is 1.18. The molecule has 0 aliphatic rings. The first-order valence-corrected chi connectivity index (χ1v) is 26.4. The molecule has 13 aromatic rings. The first-order valence-electron chi connectivity index (χ1n) is 26.4. The third kappa shape index (κ3) is 9.86. The molecule has 0 bridgehead atoms. The Morgan fingerprint density at radius 1 is 0.154 bits per heavy atom. The standard InChI is InChI=1S/C74H50N4/c1-7-19-51(20-8-1)53-31-35-55(36-32-53)65-47-48-66(56-37-33-54(34-38-56)52-21-9-2-10-22-52)72(62-45-41-60(42-46-62)70-50-68(58-25-13-4-14-26-58)76-74(78-70)64-29-17-6-18-30-64)71(65)61-43-39-59(40-44-61)69-49-67(57-23-11-3-12-24-57)75-73(77-69)63-27-15-5-16-28-63/h1-50H. The summed E-state index contributed by atoms with van der Waals surface area (Å²) < 4.78 is 0. The molecule has 0 saturated carbocycles. The number of rotatable bonds is 12. The van der Waals surface area contributed by atoms with Gasteiger partial charge in [-0.1, -0.05) is 291 Å². The summed E-state index contributed by atoms with van der Waals surface area (Å²) in [5, 5.41) is 0. The van der Waals surface area contributed by atoms with Crippen molar-refractivity contribution < 1.29 is 0 Å². The summed E-state index contributed by atoms with van der Waals surface area (Å²) in [7, 11) is 0. The summed E-state index contributed by atoms with van der Waals surface area (Å²) >= 11 is 0. The average Bonchev–Trinajstić information content (AvgIpc) is 3.57. The molecule has 4 heteroatoms. The summed E-state index contributed by atoms with van der Waals surface area (Å²) in [6.07, 6.45) is 0. The fourth-order valence-corrected chi connectivity index (χ4v) is 10.4. The fourth-order valence-electron chi connectivity index (χ4n) is 10.4.